The first-order valence-corrected chi connectivity index (χ1v) is 9.19. The van der Waals surface area contributed by atoms with Crippen LogP contribution in [-0.2, 0) is 0 Å². The quantitative estimate of drug-likeness (QED) is 0.347. The Labute approximate surface area is 140 Å². The van der Waals surface area contributed by atoms with E-state index in [4.69, 9.17) is 0 Å². The summed E-state index contributed by atoms with van der Waals surface area (Å²) in [6.45, 7) is 15.5. The molecule has 0 saturated carbocycles. The Morgan fingerprint density at radius 1 is 1.23 bits per heavy atom. The van der Waals surface area contributed by atoms with E-state index in [-0.39, 0.29) is 0 Å². The molecule has 0 heteroatoms. The van der Waals surface area contributed by atoms with Crippen LogP contribution in [0.25, 0.3) is 0 Å². The van der Waals surface area contributed by atoms with Crippen molar-refractivity contribution in [2.24, 2.45) is 5.41 Å². The van der Waals surface area contributed by atoms with Crippen LogP contribution in [0.3, 0.4) is 0 Å². The summed E-state index contributed by atoms with van der Waals surface area (Å²) < 4.78 is 0. The van der Waals surface area contributed by atoms with E-state index in [0.717, 1.165) is 0 Å². The van der Waals surface area contributed by atoms with Crippen LogP contribution in [0.15, 0.2) is 47.1 Å². The monoisotopic (exact) mass is 302 g/mol. The molecule has 0 aliphatic heterocycles. The Balaban J connectivity index is 0.00000211. The van der Waals surface area contributed by atoms with Gasteiger partial charge in [-0.2, -0.15) is 0 Å². The van der Waals surface area contributed by atoms with Gasteiger partial charge in [-0.05, 0) is 50.5 Å². The molecule has 1 aliphatic carbocycles. The SMILES string of the molecule is CC.CCCC\C=C/C=C(C)/C=C/C1=C(C)CCCC1(C)C. The number of allylic oxidation sites excluding steroid dienone is 8. The van der Waals surface area contributed by atoms with Crippen molar-refractivity contribution in [3.63, 3.8) is 0 Å². The molecule has 0 aromatic carbocycles. The van der Waals surface area contributed by atoms with Gasteiger partial charge in [0.2, 0.25) is 0 Å². The second kappa shape index (κ2) is 11.5. The number of hydrogen-bond donors (Lipinski definition) is 0. The zero-order chi connectivity index (χ0) is 17.0. The van der Waals surface area contributed by atoms with Gasteiger partial charge >= 0.3 is 0 Å². The standard InChI is InChI=1S/C20H32.C2H6/c1-6-7-8-9-10-12-17(2)14-15-19-18(3)13-11-16-20(19,4)5;1-2/h9-10,12,14-15H,6-8,11,13,16H2,1-5H3;1-2H3/b10-9-,15-14+,17-12+;. The molecule has 0 radical (unpaired) electrons. The van der Waals surface area contributed by atoms with E-state index in [2.05, 4.69) is 65.0 Å². The van der Waals surface area contributed by atoms with Crippen LogP contribution in [0.5, 0.6) is 0 Å². The minimum absolute atomic E-state index is 0.343. The Morgan fingerprint density at radius 2 is 1.91 bits per heavy atom. The third kappa shape index (κ3) is 7.82. The molecule has 0 N–H and O–H groups in total. The van der Waals surface area contributed by atoms with Gasteiger partial charge in [0.1, 0.15) is 0 Å². The summed E-state index contributed by atoms with van der Waals surface area (Å²) in [6, 6.07) is 0. The van der Waals surface area contributed by atoms with Crippen LogP contribution in [0.2, 0.25) is 0 Å². The Morgan fingerprint density at radius 3 is 2.50 bits per heavy atom. The van der Waals surface area contributed by atoms with Crippen LogP contribution in [-0.4, -0.2) is 0 Å². The predicted octanol–water partition coefficient (Wildman–Crippen LogP) is 7.79. The van der Waals surface area contributed by atoms with E-state index in [1.165, 1.54) is 44.1 Å². The summed E-state index contributed by atoms with van der Waals surface area (Å²) in [4.78, 5) is 0. The summed E-state index contributed by atoms with van der Waals surface area (Å²) in [7, 11) is 0. The Kier molecular flexibility index (Phi) is 11.0. The van der Waals surface area contributed by atoms with Gasteiger partial charge < -0.3 is 0 Å². The number of hydrogen-bond acceptors (Lipinski definition) is 0. The minimum Gasteiger partial charge on any atom is -0.0845 e. The minimum atomic E-state index is 0.343. The lowest BCUT2D eigenvalue weighted by Crippen LogP contribution is -2.19. The lowest BCUT2D eigenvalue weighted by Gasteiger charge is -2.32. The van der Waals surface area contributed by atoms with Crippen molar-refractivity contribution >= 4 is 0 Å². The molecule has 0 spiro atoms. The molecule has 0 aromatic rings. The predicted molar refractivity (Wildman–Crippen MR) is 103 cm³/mol. The van der Waals surface area contributed by atoms with E-state index in [1.807, 2.05) is 13.8 Å². The molecular weight excluding hydrogens is 264 g/mol. The van der Waals surface area contributed by atoms with Gasteiger partial charge in [-0.1, -0.05) is 89.0 Å². The maximum absolute atomic E-state index is 2.37. The summed E-state index contributed by atoms with van der Waals surface area (Å²) in [5, 5.41) is 0. The zero-order valence-corrected chi connectivity index (χ0v) is 16.1. The third-order valence-electron chi connectivity index (χ3n) is 4.27. The van der Waals surface area contributed by atoms with Crippen molar-refractivity contribution in [3.8, 4) is 0 Å². The van der Waals surface area contributed by atoms with Gasteiger partial charge in [-0.15, -0.1) is 0 Å². The van der Waals surface area contributed by atoms with E-state index >= 15 is 0 Å². The molecule has 1 aliphatic rings. The maximum Gasteiger partial charge on any atom is -0.0104 e. The summed E-state index contributed by atoms with van der Waals surface area (Å²) in [5.41, 5.74) is 4.80. The van der Waals surface area contributed by atoms with Crippen molar-refractivity contribution in [1.82, 2.24) is 0 Å². The molecular formula is C22H38. The smallest absolute Gasteiger partial charge is 0.0104 e. The fourth-order valence-corrected chi connectivity index (χ4v) is 2.92. The normalized spacial score (nSPS) is 18.8. The van der Waals surface area contributed by atoms with Crippen LogP contribution >= 0.6 is 0 Å². The van der Waals surface area contributed by atoms with E-state index in [1.54, 1.807) is 11.1 Å². The number of unbranched alkanes of at least 4 members (excludes halogenated alkanes) is 2. The average molecular weight is 303 g/mol. The largest absolute Gasteiger partial charge is 0.0845 e. The molecule has 0 unspecified atom stereocenters. The highest BCUT2D eigenvalue weighted by molar-refractivity contribution is 5.36. The van der Waals surface area contributed by atoms with Crippen molar-refractivity contribution < 1.29 is 0 Å². The van der Waals surface area contributed by atoms with Crippen molar-refractivity contribution in [2.45, 2.75) is 87.0 Å². The molecule has 0 atom stereocenters. The summed E-state index contributed by atoms with van der Waals surface area (Å²) in [5.74, 6) is 0. The second-order valence-electron chi connectivity index (χ2n) is 6.75. The first kappa shape index (κ1) is 21.0. The van der Waals surface area contributed by atoms with Crippen LogP contribution in [0.1, 0.15) is 87.0 Å². The van der Waals surface area contributed by atoms with Gasteiger partial charge in [-0.25, -0.2) is 0 Å². The van der Waals surface area contributed by atoms with Gasteiger partial charge in [0, 0.05) is 0 Å². The topological polar surface area (TPSA) is 0 Å². The van der Waals surface area contributed by atoms with Gasteiger partial charge in [0.25, 0.3) is 0 Å². The van der Waals surface area contributed by atoms with Crippen molar-refractivity contribution in [1.29, 1.82) is 0 Å². The van der Waals surface area contributed by atoms with E-state index in [9.17, 15) is 0 Å². The first-order valence-electron chi connectivity index (χ1n) is 9.19. The highest BCUT2D eigenvalue weighted by Gasteiger charge is 2.26. The maximum atomic E-state index is 2.37. The molecule has 0 aromatic heterocycles. The molecule has 0 fully saturated rings. The molecule has 126 valence electrons. The molecule has 0 saturated heterocycles. The Hall–Kier alpha value is -1.04. The van der Waals surface area contributed by atoms with Gasteiger partial charge in [0.05, 0.1) is 0 Å². The third-order valence-corrected chi connectivity index (χ3v) is 4.27. The molecule has 1 rings (SSSR count). The summed E-state index contributed by atoms with van der Waals surface area (Å²) >= 11 is 0. The van der Waals surface area contributed by atoms with Gasteiger partial charge in [-0.3, -0.25) is 0 Å². The van der Waals surface area contributed by atoms with Crippen molar-refractivity contribution in [2.75, 3.05) is 0 Å². The Bertz CT molecular complexity index is 413. The van der Waals surface area contributed by atoms with E-state index < -0.39 is 0 Å². The van der Waals surface area contributed by atoms with Crippen LogP contribution in [0, 0.1) is 5.41 Å². The van der Waals surface area contributed by atoms with Gasteiger partial charge in [0.15, 0.2) is 0 Å². The molecule has 0 heterocycles. The van der Waals surface area contributed by atoms with Crippen LogP contribution in [0.4, 0.5) is 0 Å². The average Bonchev–Trinajstić information content (AvgIpc) is 2.48. The van der Waals surface area contributed by atoms with Crippen LogP contribution < -0.4 is 0 Å². The lowest BCUT2D eigenvalue weighted by atomic mass is 9.72. The number of rotatable bonds is 6. The molecule has 0 amide bonds. The fourth-order valence-electron chi connectivity index (χ4n) is 2.92. The van der Waals surface area contributed by atoms with Crippen molar-refractivity contribution in [3.05, 3.63) is 47.1 Å². The summed E-state index contributed by atoms with van der Waals surface area (Å²) in [6.07, 6.45) is 19.0. The highest BCUT2D eigenvalue weighted by Crippen LogP contribution is 2.40. The molecule has 0 nitrogen and oxygen atoms in total. The zero-order valence-electron chi connectivity index (χ0n) is 16.1. The molecule has 0 bridgehead atoms. The second-order valence-corrected chi connectivity index (χ2v) is 6.75. The molecule has 22 heavy (non-hydrogen) atoms. The first-order chi connectivity index (χ1) is 10.5. The van der Waals surface area contributed by atoms with E-state index in [0.29, 0.717) is 5.41 Å². The highest BCUT2D eigenvalue weighted by atomic mass is 14.3. The lowest BCUT2D eigenvalue weighted by molar-refractivity contribution is 0.377. The fraction of sp³-hybridized carbons (Fsp3) is 0.636.